The van der Waals surface area contributed by atoms with E-state index in [0.29, 0.717) is 5.69 Å². The molecule has 1 heterocycles. The van der Waals surface area contributed by atoms with Crippen LogP contribution in [-0.4, -0.2) is 15.2 Å². The molecule has 0 aromatic carbocycles. The maximum absolute atomic E-state index is 8.67. The average Bonchev–Trinajstić information content (AvgIpc) is 2.05. The van der Waals surface area contributed by atoms with E-state index in [1.54, 1.807) is 18.3 Å². The predicted molar refractivity (Wildman–Crippen MR) is 37.5 cm³/mol. The summed E-state index contributed by atoms with van der Waals surface area (Å²) in [4.78, 5) is 3.91. The molecule has 1 aromatic heterocycles. The molecule has 0 saturated carbocycles. The molecular weight excluding hydrogens is 130 g/mol. The third-order valence-electron chi connectivity index (χ3n) is 1.24. The lowest BCUT2D eigenvalue weighted by molar-refractivity contribution is 0.271. The Morgan fingerprint density at radius 3 is 3.00 bits per heavy atom. The van der Waals surface area contributed by atoms with E-state index in [4.69, 9.17) is 10.2 Å². The van der Waals surface area contributed by atoms with E-state index in [9.17, 15) is 0 Å². The van der Waals surface area contributed by atoms with E-state index >= 15 is 0 Å². The number of nitrogens with zero attached hydrogens (tertiary/aromatic N) is 1. The largest absolute Gasteiger partial charge is 0.441 e. The number of hydrogen-bond acceptors (Lipinski definition) is 2. The van der Waals surface area contributed by atoms with Crippen LogP contribution in [0.5, 0.6) is 0 Å². The van der Waals surface area contributed by atoms with Gasteiger partial charge in [-0.2, -0.15) is 0 Å². The average molecular weight is 140 g/mol. The van der Waals surface area contributed by atoms with Crippen LogP contribution in [0.25, 0.3) is 0 Å². The molecule has 0 atom stereocenters. The van der Waals surface area contributed by atoms with Crippen LogP contribution in [-0.2, 0) is 13.2 Å². The van der Waals surface area contributed by atoms with Gasteiger partial charge in [-0.05, 0) is 17.7 Å². The Kier molecular flexibility index (Phi) is 2.36. The molecule has 0 saturated heterocycles. The van der Waals surface area contributed by atoms with Gasteiger partial charge in [0.2, 0.25) is 0 Å². The maximum Gasteiger partial charge on any atom is 0.187 e. The van der Waals surface area contributed by atoms with Gasteiger partial charge in [-0.25, -0.2) is 0 Å². The third-order valence-corrected chi connectivity index (χ3v) is 1.24. The molecule has 0 bridgehead atoms. The lowest BCUT2D eigenvalue weighted by atomic mass is 10.2. The van der Waals surface area contributed by atoms with Gasteiger partial charge in [-0.3, -0.25) is 4.98 Å². The van der Waals surface area contributed by atoms with E-state index < -0.39 is 0 Å². The van der Waals surface area contributed by atoms with Gasteiger partial charge in [0.25, 0.3) is 0 Å². The molecule has 3 N–H and O–H groups in total. The van der Waals surface area contributed by atoms with Crippen molar-refractivity contribution in [2.24, 2.45) is 0 Å². The van der Waals surface area contributed by atoms with E-state index in [1.165, 1.54) is 0 Å². The number of aliphatic hydroxyl groups is 1. The summed E-state index contributed by atoms with van der Waals surface area (Å²) in [7, 11) is 0. The highest BCUT2D eigenvalue weighted by Crippen LogP contribution is 2.00. The molecular formula is C7H10NO2+. The fourth-order valence-electron chi connectivity index (χ4n) is 0.723. The number of aliphatic hydroxyl groups excluding tert-OH is 1. The van der Waals surface area contributed by atoms with Crippen molar-refractivity contribution in [3.8, 4) is 0 Å². The molecule has 0 aliphatic heterocycles. The van der Waals surface area contributed by atoms with Gasteiger partial charge in [0.15, 0.2) is 6.61 Å². The summed E-state index contributed by atoms with van der Waals surface area (Å²) in [5.41, 5.74) is 1.52. The summed E-state index contributed by atoms with van der Waals surface area (Å²) < 4.78 is 0. The van der Waals surface area contributed by atoms with Crippen molar-refractivity contribution in [3.05, 3.63) is 29.6 Å². The number of rotatable bonds is 2. The summed E-state index contributed by atoms with van der Waals surface area (Å²) >= 11 is 0. The van der Waals surface area contributed by atoms with Crippen LogP contribution in [0.4, 0.5) is 0 Å². The summed E-state index contributed by atoms with van der Waals surface area (Å²) in [6.45, 7) is 0.198. The highest BCUT2D eigenvalue weighted by molar-refractivity contribution is 5.14. The quantitative estimate of drug-likeness (QED) is 0.578. The van der Waals surface area contributed by atoms with Gasteiger partial charge in [0.1, 0.15) is 5.69 Å². The SMILES string of the molecule is OCc1ccnc(C[OH2+])c1. The maximum atomic E-state index is 8.67. The Morgan fingerprint density at radius 1 is 1.60 bits per heavy atom. The Morgan fingerprint density at radius 2 is 2.40 bits per heavy atom. The summed E-state index contributed by atoms with van der Waals surface area (Å²) in [5, 5.41) is 15.6. The highest BCUT2D eigenvalue weighted by atomic mass is 16.3. The molecule has 0 fully saturated rings. The summed E-state index contributed by atoms with van der Waals surface area (Å²) in [5.74, 6) is 0. The topological polar surface area (TPSA) is 56.0 Å². The Labute approximate surface area is 59.0 Å². The van der Waals surface area contributed by atoms with E-state index in [-0.39, 0.29) is 13.2 Å². The van der Waals surface area contributed by atoms with Gasteiger partial charge in [-0.1, -0.05) is 0 Å². The van der Waals surface area contributed by atoms with Crippen LogP contribution in [0.15, 0.2) is 18.3 Å². The molecule has 0 unspecified atom stereocenters. The zero-order valence-electron chi connectivity index (χ0n) is 5.54. The Bertz CT molecular complexity index is 193. The second kappa shape index (κ2) is 3.29. The standard InChI is InChI=1S/C7H9NO2/c9-4-6-1-2-8-7(3-6)5-10/h1-3,9-10H,4-5H2/p+1. The molecule has 54 valence electrons. The summed E-state index contributed by atoms with van der Waals surface area (Å²) in [6.07, 6.45) is 1.61. The predicted octanol–water partition coefficient (Wildman–Crippen LogP) is -0.201. The first-order chi connectivity index (χ1) is 4.86. The number of hydrogen-bond donors (Lipinski definition) is 1. The second-order valence-electron chi connectivity index (χ2n) is 1.99. The van der Waals surface area contributed by atoms with Crippen molar-refractivity contribution in [2.75, 3.05) is 0 Å². The van der Waals surface area contributed by atoms with Gasteiger partial charge < -0.3 is 10.2 Å². The van der Waals surface area contributed by atoms with Gasteiger partial charge in [0, 0.05) is 6.20 Å². The molecule has 0 amide bonds. The van der Waals surface area contributed by atoms with Crippen LogP contribution in [0.1, 0.15) is 11.3 Å². The van der Waals surface area contributed by atoms with Crippen molar-refractivity contribution >= 4 is 0 Å². The molecule has 3 nitrogen and oxygen atoms in total. The van der Waals surface area contributed by atoms with Crippen molar-refractivity contribution in [1.29, 1.82) is 0 Å². The first-order valence-electron chi connectivity index (χ1n) is 3.06. The number of aromatic nitrogens is 1. The van der Waals surface area contributed by atoms with Crippen LogP contribution >= 0.6 is 0 Å². The molecule has 0 aliphatic rings. The summed E-state index contributed by atoms with van der Waals surface area (Å²) in [6, 6.07) is 3.46. The Hall–Kier alpha value is -0.930. The van der Waals surface area contributed by atoms with Crippen LogP contribution < -0.4 is 0 Å². The van der Waals surface area contributed by atoms with Crippen molar-refractivity contribution in [2.45, 2.75) is 13.2 Å². The lowest BCUT2D eigenvalue weighted by Gasteiger charge is -1.95. The molecule has 10 heavy (non-hydrogen) atoms. The molecule has 0 radical (unpaired) electrons. The molecule has 0 spiro atoms. The molecule has 3 heteroatoms. The minimum absolute atomic E-state index is 0.0233. The molecule has 1 rings (SSSR count). The molecule has 1 aromatic rings. The van der Waals surface area contributed by atoms with Crippen LogP contribution in [0.2, 0.25) is 0 Å². The van der Waals surface area contributed by atoms with E-state index in [1.807, 2.05) is 0 Å². The smallest absolute Gasteiger partial charge is 0.187 e. The minimum atomic E-state index is 0.0233. The third kappa shape index (κ3) is 1.52. The van der Waals surface area contributed by atoms with Gasteiger partial charge >= 0.3 is 0 Å². The first-order valence-corrected chi connectivity index (χ1v) is 3.06. The van der Waals surface area contributed by atoms with Gasteiger partial charge in [-0.15, -0.1) is 0 Å². The zero-order valence-corrected chi connectivity index (χ0v) is 5.54. The molecule has 0 aliphatic carbocycles. The van der Waals surface area contributed by atoms with E-state index in [0.717, 1.165) is 5.56 Å². The monoisotopic (exact) mass is 140 g/mol. The minimum Gasteiger partial charge on any atom is -0.441 e. The van der Waals surface area contributed by atoms with Gasteiger partial charge in [0.05, 0.1) is 6.61 Å². The van der Waals surface area contributed by atoms with Crippen molar-refractivity contribution in [1.82, 2.24) is 4.98 Å². The van der Waals surface area contributed by atoms with Crippen molar-refractivity contribution in [3.63, 3.8) is 0 Å². The van der Waals surface area contributed by atoms with Crippen molar-refractivity contribution < 1.29 is 10.2 Å². The highest BCUT2D eigenvalue weighted by Gasteiger charge is 1.94. The fourth-order valence-corrected chi connectivity index (χ4v) is 0.723. The Balaban J connectivity index is 2.87. The lowest BCUT2D eigenvalue weighted by Crippen LogP contribution is -1.91. The second-order valence-corrected chi connectivity index (χ2v) is 1.99. The van der Waals surface area contributed by atoms with Crippen LogP contribution in [0.3, 0.4) is 0 Å². The normalized spacial score (nSPS) is 9.80. The van der Waals surface area contributed by atoms with Crippen LogP contribution in [0, 0.1) is 0 Å². The fraction of sp³-hybridized carbons (Fsp3) is 0.286. The first kappa shape index (κ1) is 7.18. The zero-order chi connectivity index (χ0) is 7.40. The van der Waals surface area contributed by atoms with E-state index in [2.05, 4.69) is 4.98 Å². The number of pyridine rings is 1.